The van der Waals surface area contributed by atoms with Crippen molar-refractivity contribution in [2.75, 3.05) is 37.8 Å². The number of nitrogens with one attached hydrogen (secondary N) is 1. The Morgan fingerprint density at radius 3 is 2.78 bits per heavy atom. The summed E-state index contributed by atoms with van der Waals surface area (Å²) in [4.78, 5) is 2.39. The standard InChI is InChI=1S/C19H30N6O2/c1-14-16(19(24(3)22-14)25-6-9-26-10-7-25)12-20-17-5-4-8-27-18(17)15-11-21-23(2)13-15/h11,13,17-18,20H,4-10,12H2,1-3H3/t17-,18+/m0/s1. The first kappa shape index (κ1) is 18.5. The molecule has 0 bridgehead atoms. The number of hydrogen-bond acceptors (Lipinski definition) is 6. The summed E-state index contributed by atoms with van der Waals surface area (Å²) in [7, 11) is 3.98. The van der Waals surface area contributed by atoms with Crippen LogP contribution in [0, 0.1) is 6.92 Å². The van der Waals surface area contributed by atoms with Crippen LogP contribution in [0.25, 0.3) is 0 Å². The van der Waals surface area contributed by atoms with Gasteiger partial charge in [0.1, 0.15) is 11.9 Å². The third kappa shape index (κ3) is 3.88. The lowest BCUT2D eigenvalue weighted by Gasteiger charge is -2.33. The molecule has 2 aromatic heterocycles. The number of ether oxygens (including phenoxy) is 2. The summed E-state index contributed by atoms with van der Waals surface area (Å²) < 4.78 is 15.5. The zero-order chi connectivity index (χ0) is 18.8. The van der Waals surface area contributed by atoms with Gasteiger partial charge in [-0.1, -0.05) is 0 Å². The van der Waals surface area contributed by atoms with E-state index in [4.69, 9.17) is 9.47 Å². The molecule has 2 aromatic rings. The number of rotatable bonds is 5. The van der Waals surface area contributed by atoms with E-state index in [9.17, 15) is 0 Å². The molecule has 2 aliphatic heterocycles. The van der Waals surface area contributed by atoms with Gasteiger partial charge in [-0.05, 0) is 19.8 Å². The molecule has 0 unspecified atom stereocenters. The highest BCUT2D eigenvalue weighted by Gasteiger charge is 2.29. The summed E-state index contributed by atoms with van der Waals surface area (Å²) in [5.41, 5.74) is 3.50. The highest BCUT2D eigenvalue weighted by molar-refractivity contribution is 5.50. The van der Waals surface area contributed by atoms with Crippen LogP contribution < -0.4 is 10.2 Å². The molecule has 4 rings (SSSR count). The molecular formula is C19H30N6O2. The second-order valence-electron chi connectivity index (χ2n) is 7.48. The lowest BCUT2D eigenvalue weighted by atomic mass is 9.98. The molecule has 0 amide bonds. The van der Waals surface area contributed by atoms with Gasteiger partial charge in [0.05, 0.1) is 25.1 Å². The van der Waals surface area contributed by atoms with Crippen molar-refractivity contribution < 1.29 is 9.47 Å². The molecular weight excluding hydrogens is 344 g/mol. The van der Waals surface area contributed by atoms with E-state index < -0.39 is 0 Å². The molecule has 4 heterocycles. The van der Waals surface area contributed by atoms with Gasteiger partial charge in [0, 0.05) is 63.7 Å². The Bertz CT molecular complexity index is 764. The Morgan fingerprint density at radius 1 is 1.22 bits per heavy atom. The average Bonchev–Trinajstić information content (AvgIpc) is 3.23. The van der Waals surface area contributed by atoms with Gasteiger partial charge in [0.25, 0.3) is 0 Å². The summed E-state index contributed by atoms with van der Waals surface area (Å²) in [5.74, 6) is 1.21. The van der Waals surface area contributed by atoms with Gasteiger partial charge in [0.15, 0.2) is 0 Å². The SMILES string of the molecule is Cc1nn(C)c(N2CCOCC2)c1CN[C@H]1CCCO[C@@H]1c1cnn(C)c1. The van der Waals surface area contributed by atoms with Gasteiger partial charge < -0.3 is 19.7 Å². The highest BCUT2D eigenvalue weighted by atomic mass is 16.5. The maximum absolute atomic E-state index is 6.10. The molecule has 0 spiro atoms. The minimum absolute atomic E-state index is 0.0521. The Morgan fingerprint density at radius 2 is 2.04 bits per heavy atom. The van der Waals surface area contributed by atoms with Crippen LogP contribution in [0.2, 0.25) is 0 Å². The number of aryl methyl sites for hydroxylation is 3. The maximum atomic E-state index is 6.10. The van der Waals surface area contributed by atoms with Gasteiger partial charge in [-0.25, -0.2) is 0 Å². The van der Waals surface area contributed by atoms with E-state index >= 15 is 0 Å². The van der Waals surface area contributed by atoms with Crippen LogP contribution in [0.5, 0.6) is 0 Å². The Balaban J connectivity index is 1.50. The lowest BCUT2D eigenvalue weighted by molar-refractivity contribution is -0.0112. The number of aromatic nitrogens is 4. The third-order valence-corrected chi connectivity index (χ3v) is 5.54. The maximum Gasteiger partial charge on any atom is 0.131 e. The van der Waals surface area contributed by atoms with Crippen LogP contribution in [-0.2, 0) is 30.1 Å². The number of anilines is 1. The zero-order valence-corrected chi connectivity index (χ0v) is 16.5. The molecule has 27 heavy (non-hydrogen) atoms. The van der Waals surface area contributed by atoms with Crippen molar-refractivity contribution >= 4 is 5.82 Å². The smallest absolute Gasteiger partial charge is 0.131 e. The molecule has 0 aromatic carbocycles. The van der Waals surface area contributed by atoms with E-state index in [2.05, 4.69) is 33.5 Å². The van der Waals surface area contributed by atoms with Crippen molar-refractivity contribution in [2.24, 2.45) is 14.1 Å². The fourth-order valence-electron chi connectivity index (χ4n) is 4.21. The highest BCUT2D eigenvalue weighted by Crippen LogP contribution is 2.30. The van der Waals surface area contributed by atoms with Gasteiger partial charge in [-0.3, -0.25) is 9.36 Å². The van der Waals surface area contributed by atoms with E-state index in [0.717, 1.165) is 63.6 Å². The minimum Gasteiger partial charge on any atom is -0.378 e. The topological polar surface area (TPSA) is 69.4 Å². The summed E-state index contributed by atoms with van der Waals surface area (Å²) in [6, 6.07) is 0.278. The second-order valence-corrected chi connectivity index (χ2v) is 7.48. The quantitative estimate of drug-likeness (QED) is 0.851. The molecule has 2 fully saturated rings. The van der Waals surface area contributed by atoms with E-state index in [0.29, 0.717) is 0 Å². The Hall–Kier alpha value is -1.90. The zero-order valence-electron chi connectivity index (χ0n) is 16.5. The Kier molecular flexibility index (Phi) is 5.47. The number of morpholine rings is 1. The van der Waals surface area contributed by atoms with Crippen LogP contribution >= 0.6 is 0 Å². The lowest BCUT2D eigenvalue weighted by Crippen LogP contribution is -2.40. The fourth-order valence-corrected chi connectivity index (χ4v) is 4.21. The van der Waals surface area contributed by atoms with Gasteiger partial charge in [-0.15, -0.1) is 0 Å². The molecule has 1 N–H and O–H groups in total. The van der Waals surface area contributed by atoms with Crippen molar-refractivity contribution in [1.82, 2.24) is 24.9 Å². The monoisotopic (exact) mass is 374 g/mol. The predicted octanol–water partition coefficient (Wildman–Crippen LogP) is 1.31. The van der Waals surface area contributed by atoms with Gasteiger partial charge in [-0.2, -0.15) is 10.2 Å². The van der Waals surface area contributed by atoms with Gasteiger partial charge in [0.2, 0.25) is 0 Å². The normalized spacial score (nSPS) is 23.7. The number of hydrogen-bond donors (Lipinski definition) is 1. The fraction of sp³-hybridized carbons (Fsp3) is 0.684. The van der Waals surface area contributed by atoms with Crippen molar-refractivity contribution in [3.05, 3.63) is 29.2 Å². The molecule has 0 aliphatic carbocycles. The van der Waals surface area contributed by atoms with Crippen LogP contribution in [0.4, 0.5) is 5.82 Å². The van der Waals surface area contributed by atoms with Crippen molar-refractivity contribution in [3.63, 3.8) is 0 Å². The molecule has 2 aliphatic rings. The minimum atomic E-state index is 0.0521. The van der Waals surface area contributed by atoms with E-state index in [1.54, 1.807) is 0 Å². The van der Waals surface area contributed by atoms with Crippen LogP contribution in [0.15, 0.2) is 12.4 Å². The van der Waals surface area contributed by atoms with Crippen LogP contribution in [0.1, 0.15) is 35.8 Å². The molecule has 8 heteroatoms. The van der Waals surface area contributed by atoms with E-state index in [-0.39, 0.29) is 12.1 Å². The molecule has 0 radical (unpaired) electrons. The summed E-state index contributed by atoms with van der Waals surface area (Å²) in [6.45, 7) is 7.07. The van der Waals surface area contributed by atoms with Crippen LogP contribution in [0.3, 0.4) is 0 Å². The average molecular weight is 374 g/mol. The summed E-state index contributed by atoms with van der Waals surface area (Å²) in [5, 5.41) is 12.8. The van der Waals surface area contributed by atoms with Crippen molar-refractivity contribution in [2.45, 2.75) is 38.5 Å². The van der Waals surface area contributed by atoms with E-state index in [1.807, 2.05) is 29.7 Å². The summed E-state index contributed by atoms with van der Waals surface area (Å²) >= 11 is 0. The first-order valence-corrected chi connectivity index (χ1v) is 9.82. The third-order valence-electron chi connectivity index (χ3n) is 5.54. The predicted molar refractivity (Wildman–Crippen MR) is 103 cm³/mol. The van der Waals surface area contributed by atoms with Gasteiger partial charge >= 0.3 is 0 Å². The second kappa shape index (κ2) is 8.00. The first-order valence-electron chi connectivity index (χ1n) is 9.82. The summed E-state index contributed by atoms with van der Waals surface area (Å²) in [6.07, 6.45) is 6.21. The molecule has 2 atom stereocenters. The first-order chi connectivity index (χ1) is 13.1. The largest absolute Gasteiger partial charge is 0.378 e. The van der Waals surface area contributed by atoms with Crippen molar-refractivity contribution in [1.29, 1.82) is 0 Å². The number of nitrogens with zero attached hydrogens (tertiary/aromatic N) is 5. The Labute approximate surface area is 160 Å². The van der Waals surface area contributed by atoms with E-state index in [1.165, 1.54) is 11.4 Å². The van der Waals surface area contributed by atoms with Crippen LogP contribution in [-0.4, -0.2) is 58.5 Å². The molecule has 2 saturated heterocycles. The van der Waals surface area contributed by atoms with Crippen molar-refractivity contribution in [3.8, 4) is 0 Å². The molecule has 148 valence electrons. The molecule has 0 saturated carbocycles. The molecule has 8 nitrogen and oxygen atoms in total.